The summed E-state index contributed by atoms with van der Waals surface area (Å²) in [5, 5.41) is 7.54. The number of nitrogens with zero attached hydrogens (tertiary/aromatic N) is 2. The molecule has 3 heteroatoms. The van der Waals surface area contributed by atoms with Crippen molar-refractivity contribution in [1.82, 2.24) is 9.78 Å². The quantitative estimate of drug-likeness (QED) is 0.712. The zero-order valence-corrected chi connectivity index (χ0v) is 10.4. The van der Waals surface area contributed by atoms with E-state index in [4.69, 9.17) is 0 Å². The number of nitrogens with one attached hydrogen (secondary N) is 1. The van der Waals surface area contributed by atoms with Crippen molar-refractivity contribution in [3.63, 3.8) is 0 Å². The van der Waals surface area contributed by atoms with Crippen molar-refractivity contribution in [2.24, 2.45) is 7.05 Å². The van der Waals surface area contributed by atoms with Gasteiger partial charge < -0.3 is 5.32 Å². The highest BCUT2D eigenvalue weighted by Crippen LogP contribution is 2.24. The second kappa shape index (κ2) is 4.58. The molecule has 1 aliphatic rings. The molecule has 0 atom stereocenters. The molecule has 0 fully saturated rings. The molecule has 2 heterocycles. The fourth-order valence-electron chi connectivity index (χ4n) is 2.25. The summed E-state index contributed by atoms with van der Waals surface area (Å²) >= 11 is 0. The fraction of sp³-hybridized carbons (Fsp3) is 0.267. The summed E-state index contributed by atoms with van der Waals surface area (Å²) in [6, 6.07) is 6.28. The Morgan fingerprint density at radius 1 is 1.33 bits per heavy atom. The maximum atomic E-state index is 4.12. The predicted molar refractivity (Wildman–Crippen MR) is 72.4 cm³/mol. The first kappa shape index (κ1) is 10.9. The molecule has 0 aliphatic carbocycles. The maximum Gasteiger partial charge on any atom is 0.0646 e. The van der Waals surface area contributed by atoms with Crippen molar-refractivity contribution in [1.29, 1.82) is 0 Å². The van der Waals surface area contributed by atoms with Crippen LogP contribution in [0.5, 0.6) is 0 Å². The molecule has 3 rings (SSSR count). The highest BCUT2D eigenvalue weighted by atomic mass is 15.2. The Morgan fingerprint density at radius 3 is 3.11 bits per heavy atom. The zero-order chi connectivity index (χ0) is 12.4. The molecule has 0 radical (unpaired) electrons. The molecule has 90 valence electrons. The van der Waals surface area contributed by atoms with Crippen molar-refractivity contribution < 1.29 is 0 Å². The molecule has 0 saturated heterocycles. The van der Waals surface area contributed by atoms with E-state index in [2.05, 4.69) is 40.5 Å². The van der Waals surface area contributed by atoms with Crippen LogP contribution in [0.2, 0.25) is 0 Å². The normalized spacial score (nSPS) is 13.2. The third-order valence-corrected chi connectivity index (χ3v) is 3.14. The van der Waals surface area contributed by atoms with Gasteiger partial charge in [-0.15, -0.1) is 0 Å². The Balaban J connectivity index is 1.96. The van der Waals surface area contributed by atoms with Crippen molar-refractivity contribution in [3.8, 4) is 11.8 Å². The number of anilines is 1. The van der Waals surface area contributed by atoms with Gasteiger partial charge in [-0.05, 0) is 30.5 Å². The topological polar surface area (TPSA) is 29.9 Å². The van der Waals surface area contributed by atoms with Crippen LogP contribution in [-0.2, 0) is 13.5 Å². The monoisotopic (exact) mass is 237 g/mol. The molecule has 1 aromatic heterocycles. The summed E-state index contributed by atoms with van der Waals surface area (Å²) in [6.45, 7) is 1.06. The molecule has 0 spiro atoms. The van der Waals surface area contributed by atoms with Crippen LogP contribution >= 0.6 is 0 Å². The van der Waals surface area contributed by atoms with E-state index in [-0.39, 0.29) is 0 Å². The van der Waals surface area contributed by atoms with Crippen molar-refractivity contribution in [3.05, 3.63) is 47.3 Å². The number of hydrogen-bond acceptors (Lipinski definition) is 2. The third-order valence-electron chi connectivity index (χ3n) is 3.14. The fourth-order valence-corrected chi connectivity index (χ4v) is 2.25. The van der Waals surface area contributed by atoms with E-state index >= 15 is 0 Å². The lowest BCUT2D eigenvalue weighted by atomic mass is 9.98. The van der Waals surface area contributed by atoms with Gasteiger partial charge in [0.25, 0.3) is 0 Å². The Morgan fingerprint density at radius 2 is 2.28 bits per heavy atom. The summed E-state index contributed by atoms with van der Waals surface area (Å²) in [7, 11) is 1.90. The standard InChI is InChI=1S/C15H15N3/c1-18-11-12(10-17-18)7-8-13-4-2-6-15-14(13)5-3-9-16-15/h2,4,6,10-11,16H,3,5,9H2,1H3. The van der Waals surface area contributed by atoms with E-state index < -0.39 is 0 Å². The molecule has 2 aromatic rings. The molecule has 0 unspecified atom stereocenters. The van der Waals surface area contributed by atoms with Gasteiger partial charge in [0, 0.05) is 31.0 Å². The summed E-state index contributed by atoms with van der Waals surface area (Å²) in [4.78, 5) is 0. The molecular weight excluding hydrogens is 222 g/mol. The second-order valence-corrected chi connectivity index (χ2v) is 4.51. The van der Waals surface area contributed by atoms with Gasteiger partial charge in [-0.2, -0.15) is 5.10 Å². The Hall–Kier alpha value is -2.21. The number of benzene rings is 1. The van der Waals surface area contributed by atoms with Crippen LogP contribution in [-0.4, -0.2) is 16.3 Å². The minimum Gasteiger partial charge on any atom is -0.385 e. The van der Waals surface area contributed by atoms with Gasteiger partial charge in [0.05, 0.1) is 11.8 Å². The van der Waals surface area contributed by atoms with Gasteiger partial charge in [0.1, 0.15) is 0 Å². The summed E-state index contributed by atoms with van der Waals surface area (Å²) in [5.74, 6) is 6.43. The molecular formula is C15H15N3. The first-order valence-corrected chi connectivity index (χ1v) is 6.19. The third kappa shape index (κ3) is 2.10. The minimum absolute atomic E-state index is 0.957. The second-order valence-electron chi connectivity index (χ2n) is 4.51. The van der Waals surface area contributed by atoms with E-state index in [1.165, 1.54) is 17.7 Å². The lowest BCUT2D eigenvalue weighted by Crippen LogP contribution is -2.12. The SMILES string of the molecule is Cn1cc(C#Cc2cccc3c2CCCN3)cn1. The summed E-state index contributed by atoms with van der Waals surface area (Å²) in [5.41, 5.74) is 4.67. The number of fused-ring (bicyclic) bond motifs is 1. The molecule has 1 aliphatic heterocycles. The number of rotatable bonds is 0. The number of aromatic nitrogens is 2. The Bertz CT molecular complexity index is 629. The molecule has 18 heavy (non-hydrogen) atoms. The van der Waals surface area contributed by atoms with Crippen LogP contribution in [0.25, 0.3) is 0 Å². The predicted octanol–water partition coefficient (Wildman–Crippen LogP) is 2.18. The highest BCUT2D eigenvalue weighted by molar-refractivity contribution is 5.61. The van der Waals surface area contributed by atoms with E-state index in [9.17, 15) is 0 Å². The van der Waals surface area contributed by atoms with Crippen LogP contribution < -0.4 is 5.32 Å². The van der Waals surface area contributed by atoms with Gasteiger partial charge in [-0.1, -0.05) is 17.9 Å². The molecule has 1 aromatic carbocycles. The van der Waals surface area contributed by atoms with Crippen LogP contribution in [0.4, 0.5) is 5.69 Å². The van der Waals surface area contributed by atoms with Crippen molar-refractivity contribution in [2.75, 3.05) is 11.9 Å². The van der Waals surface area contributed by atoms with Crippen LogP contribution in [0.15, 0.2) is 30.6 Å². The van der Waals surface area contributed by atoms with Crippen molar-refractivity contribution in [2.45, 2.75) is 12.8 Å². The molecule has 0 amide bonds. The van der Waals surface area contributed by atoms with E-state index in [1.807, 2.05) is 13.2 Å². The molecule has 0 saturated carbocycles. The van der Waals surface area contributed by atoms with Crippen LogP contribution in [0.3, 0.4) is 0 Å². The molecule has 1 N–H and O–H groups in total. The number of aryl methyl sites for hydroxylation is 1. The van der Waals surface area contributed by atoms with E-state index in [1.54, 1.807) is 10.9 Å². The zero-order valence-electron chi connectivity index (χ0n) is 10.4. The minimum atomic E-state index is 0.957. The van der Waals surface area contributed by atoms with Gasteiger partial charge in [-0.3, -0.25) is 4.68 Å². The average molecular weight is 237 g/mol. The van der Waals surface area contributed by atoms with Crippen molar-refractivity contribution >= 4 is 5.69 Å². The largest absolute Gasteiger partial charge is 0.385 e. The first-order valence-electron chi connectivity index (χ1n) is 6.19. The highest BCUT2D eigenvalue weighted by Gasteiger charge is 2.10. The van der Waals surface area contributed by atoms with Gasteiger partial charge in [0.15, 0.2) is 0 Å². The summed E-state index contributed by atoms with van der Waals surface area (Å²) < 4.78 is 1.77. The van der Waals surface area contributed by atoms with Crippen LogP contribution in [0.1, 0.15) is 23.1 Å². The van der Waals surface area contributed by atoms with E-state index in [0.717, 1.165) is 24.1 Å². The van der Waals surface area contributed by atoms with Gasteiger partial charge in [-0.25, -0.2) is 0 Å². The Labute approximate surface area is 107 Å². The summed E-state index contributed by atoms with van der Waals surface area (Å²) in [6.07, 6.45) is 6.01. The average Bonchev–Trinajstić information content (AvgIpc) is 2.82. The van der Waals surface area contributed by atoms with E-state index in [0.29, 0.717) is 0 Å². The Kier molecular flexibility index (Phi) is 2.77. The first-order chi connectivity index (χ1) is 8.83. The molecule has 3 nitrogen and oxygen atoms in total. The van der Waals surface area contributed by atoms with Crippen LogP contribution in [0, 0.1) is 11.8 Å². The lowest BCUT2D eigenvalue weighted by Gasteiger charge is -2.18. The lowest BCUT2D eigenvalue weighted by molar-refractivity contribution is 0.767. The smallest absolute Gasteiger partial charge is 0.0646 e. The molecule has 0 bridgehead atoms. The van der Waals surface area contributed by atoms with Gasteiger partial charge in [0.2, 0.25) is 0 Å². The van der Waals surface area contributed by atoms with Gasteiger partial charge >= 0.3 is 0 Å². The number of hydrogen-bond donors (Lipinski definition) is 1. The maximum absolute atomic E-state index is 4.12.